The molecule has 0 aliphatic carbocycles. The maximum atomic E-state index is 12.3. The normalized spacial score (nSPS) is 25.4. The van der Waals surface area contributed by atoms with Crippen LogP contribution in [0.25, 0.3) is 0 Å². The van der Waals surface area contributed by atoms with Crippen LogP contribution >= 0.6 is 0 Å². The van der Waals surface area contributed by atoms with Gasteiger partial charge < -0.3 is 9.88 Å². The smallest absolute Gasteiger partial charge is 0.260 e. The van der Waals surface area contributed by atoms with Gasteiger partial charge in [0.2, 0.25) is 5.91 Å². The highest BCUT2D eigenvalue weighted by Gasteiger charge is 2.39. The number of rotatable bonds is 2. The van der Waals surface area contributed by atoms with Gasteiger partial charge in [-0.25, -0.2) is 13.4 Å². The summed E-state index contributed by atoms with van der Waals surface area (Å²) >= 11 is 0. The fourth-order valence-corrected chi connectivity index (χ4v) is 3.94. The number of sulfonamides is 1. The van der Waals surface area contributed by atoms with Crippen LogP contribution in [0.5, 0.6) is 0 Å². The predicted octanol–water partition coefficient (Wildman–Crippen LogP) is -0.595. The molecule has 0 saturated carbocycles. The first-order valence-electron chi connectivity index (χ1n) is 5.87. The van der Waals surface area contributed by atoms with Crippen LogP contribution < -0.4 is 0 Å². The van der Waals surface area contributed by atoms with Crippen LogP contribution in [0.4, 0.5) is 0 Å². The molecule has 0 spiro atoms. The largest absolute Gasteiger partial charge is 0.337 e. The Labute approximate surface area is 105 Å². The number of carbonyl (C=O) groups is 1. The molecule has 1 atom stereocenters. The Balaban J connectivity index is 1.82. The Morgan fingerprint density at radius 1 is 1.39 bits per heavy atom. The van der Waals surface area contributed by atoms with Gasteiger partial charge in [0.05, 0.1) is 12.5 Å². The standard InChI is InChI=1S/C10H14N4O3S/c15-10-2-1-8-6-13(3-4-14(8)10)18(16,17)9-5-11-7-12-9/h5,7-8H,1-4,6H2,(H,11,12). The third-order valence-corrected chi connectivity index (χ3v) is 5.34. The van der Waals surface area contributed by atoms with E-state index in [9.17, 15) is 13.2 Å². The number of hydrogen-bond acceptors (Lipinski definition) is 4. The summed E-state index contributed by atoms with van der Waals surface area (Å²) in [4.78, 5) is 19.7. The van der Waals surface area contributed by atoms with Crippen molar-refractivity contribution in [2.24, 2.45) is 0 Å². The molecule has 2 fully saturated rings. The van der Waals surface area contributed by atoms with Crippen molar-refractivity contribution in [1.29, 1.82) is 0 Å². The first kappa shape index (κ1) is 11.7. The summed E-state index contributed by atoms with van der Waals surface area (Å²) in [5, 5.41) is 0.111. The van der Waals surface area contributed by atoms with Gasteiger partial charge in [-0.1, -0.05) is 0 Å². The molecule has 3 rings (SSSR count). The number of amides is 1. The number of aromatic nitrogens is 2. The number of imidazole rings is 1. The topological polar surface area (TPSA) is 86.4 Å². The molecule has 8 heteroatoms. The highest BCUT2D eigenvalue weighted by molar-refractivity contribution is 7.89. The maximum absolute atomic E-state index is 12.3. The number of nitrogens with zero attached hydrogens (tertiary/aromatic N) is 3. The van der Waals surface area contributed by atoms with Gasteiger partial charge in [-0.3, -0.25) is 4.79 Å². The Bertz CT molecular complexity index is 554. The molecule has 98 valence electrons. The lowest BCUT2D eigenvalue weighted by Crippen LogP contribution is -2.53. The first-order valence-corrected chi connectivity index (χ1v) is 7.31. The summed E-state index contributed by atoms with van der Waals surface area (Å²) < 4.78 is 26.0. The van der Waals surface area contributed by atoms with E-state index in [1.54, 1.807) is 4.90 Å². The Morgan fingerprint density at radius 2 is 2.22 bits per heavy atom. The molecule has 1 amide bonds. The van der Waals surface area contributed by atoms with Crippen LogP contribution in [0.1, 0.15) is 12.8 Å². The minimum atomic E-state index is -3.50. The first-order chi connectivity index (χ1) is 8.59. The zero-order valence-electron chi connectivity index (χ0n) is 9.74. The minimum absolute atomic E-state index is 0.0314. The van der Waals surface area contributed by atoms with Crippen LogP contribution in [0, 0.1) is 0 Å². The molecule has 1 aromatic heterocycles. The molecule has 1 N–H and O–H groups in total. The van der Waals surface area contributed by atoms with E-state index in [1.165, 1.54) is 16.8 Å². The van der Waals surface area contributed by atoms with Crippen molar-refractivity contribution in [2.75, 3.05) is 19.6 Å². The van der Waals surface area contributed by atoms with Crippen LogP contribution in [-0.4, -0.2) is 59.2 Å². The van der Waals surface area contributed by atoms with Crippen LogP contribution in [0.3, 0.4) is 0 Å². The zero-order chi connectivity index (χ0) is 12.8. The molecule has 1 aromatic rings. The quantitative estimate of drug-likeness (QED) is 0.778. The minimum Gasteiger partial charge on any atom is -0.337 e. The van der Waals surface area contributed by atoms with Crippen molar-refractivity contribution in [1.82, 2.24) is 19.2 Å². The monoisotopic (exact) mass is 270 g/mol. The van der Waals surface area contributed by atoms with Gasteiger partial charge in [-0.15, -0.1) is 0 Å². The van der Waals surface area contributed by atoms with Gasteiger partial charge in [-0.05, 0) is 6.42 Å². The van der Waals surface area contributed by atoms with Gasteiger partial charge >= 0.3 is 0 Å². The zero-order valence-corrected chi connectivity index (χ0v) is 10.6. The van der Waals surface area contributed by atoms with E-state index in [0.29, 0.717) is 26.1 Å². The van der Waals surface area contributed by atoms with Gasteiger partial charge in [0.25, 0.3) is 10.0 Å². The average molecular weight is 270 g/mol. The van der Waals surface area contributed by atoms with E-state index in [2.05, 4.69) is 9.97 Å². The van der Waals surface area contributed by atoms with Gasteiger partial charge in [0.15, 0.2) is 5.03 Å². The second kappa shape index (κ2) is 4.06. The summed E-state index contributed by atoms with van der Waals surface area (Å²) in [7, 11) is -3.50. The molecule has 18 heavy (non-hydrogen) atoms. The average Bonchev–Trinajstić information content (AvgIpc) is 2.99. The Morgan fingerprint density at radius 3 is 2.94 bits per heavy atom. The predicted molar refractivity (Wildman–Crippen MR) is 62.1 cm³/mol. The number of fused-ring (bicyclic) bond motifs is 1. The summed E-state index contributed by atoms with van der Waals surface area (Å²) in [6.45, 7) is 1.22. The van der Waals surface area contributed by atoms with Crippen molar-refractivity contribution in [3.8, 4) is 0 Å². The lowest BCUT2D eigenvalue weighted by atomic mass is 10.2. The van der Waals surface area contributed by atoms with Crippen molar-refractivity contribution < 1.29 is 13.2 Å². The molecule has 7 nitrogen and oxygen atoms in total. The van der Waals surface area contributed by atoms with Crippen molar-refractivity contribution in [3.63, 3.8) is 0 Å². The van der Waals surface area contributed by atoms with Gasteiger partial charge in [0.1, 0.15) is 0 Å². The third kappa shape index (κ3) is 1.72. The van der Waals surface area contributed by atoms with E-state index in [-0.39, 0.29) is 17.0 Å². The Kier molecular flexibility index (Phi) is 2.63. The highest BCUT2D eigenvalue weighted by Crippen LogP contribution is 2.25. The lowest BCUT2D eigenvalue weighted by Gasteiger charge is -2.36. The lowest BCUT2D eigenvalue weighted by molar-refractivity contribution is -0.130. The number of hydrogen-bond donors (Lipinski definition) is 1. The van der Waals surface area contributed by atoms with E-state index in [4.69, 9.17) is 0 Å². The van der Waals surface area contributed by atoms with E-state index in [0.717, 1.165) is 6.42 Å². The molecule has 1 unspecified atom stereocenters. The summed E-state index contributed by atoms with van der Waals surface area (Å²) in [6.07, 6.45) is 3.93. The maximum Gasteiger partial charge on any atom is 0.260 e. The number of piperazine rings is 1. The number of H-pyrrole nitrogens is 1. The van der Waals surface area contributed by atoms with Crippen LogP contribution in [0.2, 0.25) is 0 Å². The molecule has 0 radical (unpaired) electrons. The second-order valence-electron chi connectivity index (χ2n) is 4.56. The molecule has 2 aliphatic heterocycles. The van der Waals surface area contributed by atoms with Crippen molar-refractivity contribution >= 4 is 15.9 Å². The van der Waals surface area contributed by atoms with Gasteiger partial charge in [0, 0.05) is 32.1 Å². The summed E-state index contributed by atoms with van der Waals surface area (Å²) in [5.41, 5.74) is 0. The van der Waals surface area contributed by atoms with Crippen LogP contribution in [-0.2, 0) is 14.8 Å². The summed E-state index contributed by atoms with van der Waals surface area (Å²) in [5.74, 6) is 0.138. The molecular weight excluding hydrogens is 256 g/mol. The van der Waals surface area contributed by atoms with Gasteiger partial charge in [-0.2, -0.15) is 4.31 Å². The molecule has 2 aliphatic rings. The fraction of sp³-hybridized carbons (Fsp3) is 0.600. The summed E-state index contributed by atoms with van der Waals surface area (Å²) in [6, 6.07) is 0.0314. The highest BCUT2D eigenvalue weighted by atomic mass is 32.2. The second-order valence-corrected chi connectivity index (χ2v) is 6.46. The number of carbonyl (C=O) groups excluding carboxylic acids is 1. The number of aromatic amines is 1. The molecule has 0 aromatic carbocycles. The fourth-order valence-electron chi connectivity index (χ4n) is 2.58. The van der Waals surface area contributed by atoms with E-state index >= 15 is 0 Å². The van der Waals surface area contributed by atoms with E-state index in [1.807, 2.05) is 0 Å². The number of nitrogens with one attached hydrogen (secondary N) is 1. The van der Waals surface area contributed by atoms with Crippen LogP contribution in [0.15, 0.2) is 17.6 Å². The third-order valence-electron chi connectivity index (χ3n) is 3.55. The van der Waals surface area contributed by atoms with E-state index < -0.39 is 10.0 Å². The van der Waals surface area contributed by atoms with Crippen molar-refractivity contribution in [3.05, 3.63) is 12.5 Å². The molecule has 0 bridgehead atoms. The van der Waals surface area contributed by atoms with Crippen molar-refractivity contribution in [2.45, 2.75) is 23.9 Å². The molecule has 2 saturated heterocycles. The molecular formula is C10H14N4O3S. The SMILES string of the molecule is O=C1CCC2CN(S(=O)(=O)c3cnc[nH]3)CCN12. The molecule has 3 heterocycles. The Hall–Kier alpha value is -1.41.